The molecule has 90 valence electrons. The number of nitrogens with zero attached hydrogens (tertiary/aromatic N) is 3. The van der Waals surface area contributed by atoms with Crippen molar-refractivity contribution in [3.63, 3.8) is 0 Å². The fourth-order valence-electron chi connectivity index (χ4n) is 1.40. The fourth-order valence-corrected chi connectivity index (χ4v) is 2.86. The highest BCUT2D eigenvalue weighted by Crippen LogP contribution is 2.25. The summed E-state index contributed by atoms with van der Waals surface area (Å²) < 4.78 is 1.88. The van der Waals surface area contributed by atoms with Gasteiger partial charge >= 0.3 is 5.97 Å². The minimum absolute atomic E-state index is 0.00491. The lowest BCUT2D eigenvalue weighted by atomic mass is 10.2. The van der Waals surface area contributed by atoms with Crippen LogP contribution in [0.1, 0.15) is 18.5 Å². The molecule has 0 saturated carbocycles. The summed E-state index contributed by atoms with van der Waals surface area (Å²) >= 11 is 2.81. The van der Waals surface area contributed by atoms with Crippen LogP contribution in [0.2, 0.25) is 0 Å². The van der Waals surface area contributed by atoms with Crippen molar-refractivity contribution in [1.82, 2.24) is 14.8 Å². The first kappa shape index (κ1) is 12.1. The summed E-state index contributed by atoms with van der Waals surface area (Å²) in [5, 5.41) is 21.1. The van der Waals surface area contributed by atoms with E-state index in [2.05, 4.69) is 15.6 Å². The van der Waals surface area contributed by atoms with Gasteiger partial charge in [0.1, 0.15) is 6.33 Å². The molecule has 2 heterocycles. The third-order valence-electron chi connectivity index (χ3n) is 2.31. The van der Waals surface area contributed by atoms with Crippen LogP contribution in [0.3, 0.4) is 0 Å². The molecular formula is C10H11N3O2S2. The van der Waals surface area contributed by atoms with Gasteiger partial charge in [-0.05, 0) is 29.3 Å². The molecule has 1 unspecified atom stereocenters. The lowest BCUT2D eigenvalue weighted by molar-refractivity contribution is -0.133. The number of carbonyl (C=O) groups is 1. The number of hydrogen-bond donors (Lipinski definition) is 1. The first-order valence-electron chi connectivity index (χ1n) is 4.94. The van der Waals surface area contributed by atoms with Crippen LogP contribution in [0.15, 0.2) is 28.3 Å². The zero-order valence-corrected chi connectivity index (χ0v) is 10.7. The minimum Gasteiger partial charge on any atom is -0.481 e. The third kappa shape index (κ3) is 2.86. The van der Waals surface area contributed by atoms with Crippen LogP contribution in [-0.2, 0) is 4.79 Å². The van der Waals surface area contributed by atoms with Gasteiger partial charge in [0, 0.05) is 0 Å². The molecule has 0 spiro atoms. The molecule has 0 aromatic carbocycles. The van der Waals surface area contributed by atoms with Gasteiger partial charge in [0.15, 0.2) is 5.16 Å². The molecule has 2 rings (SSSR count). The molecule has 1 atom stereocenters. The van der Waals surface area contributed by atoms with Gasteiger partial charge in [-0.1, -0.05) is 11.8 Å². The Bertz CT molecular complexity index is 495. The Morgan fingerprint density at radius 3 is 3.18 bits per heavy atom. The average molecular weight is 269 g/mol. The van der Waals surface area contributed by atoms with Crippen LogP contribution >= 0.6 is 23.1 Å². The summed E-state index contributed by atoms with van der Waals surface area (Å²) in [7, 11) is 0. The third-order valence-corrected chi connectivity index (χ3v) is 3.95. The predicted molar refractivity (Wildman–Crippen MR) is 66.5 cm³/mol. The molecule has 5 nitrogen and oxygen atoms in total. The van der Waals surface area contributed by atoms with Crippen molar-refractivity contribution in [3.8, 4) is 0 Å². The number of carboxylic acids is 1. The number of thioether (sulfide) groups is 1. The van der Waals surface area contributed by atoms with E-state index in [4.69, 9.17) is 5.11 Å². The van der Waals surface area contributed by atoms with Crippen LogP contribution in [0.25, 0.3) is 0 Å². The first-order chi connectivity index (χ1) is 8.18. The van der Waals surface area contributed by atoms with E-state index in [0.717, 1.165) is 0 Å². The monoisotopic (exact) mass is 269 g/mol. The maximum absolute atomic E-state index is 10.5. The van der Waals surface area contributed by atoms with Gasteiger partial charge in [-0.25, -0.2) is 0 Å². The van der Waals surface area contributed by atoms with Crippen molar-refractivity contribution in [3.05, 3.63) is 28.7 Å². The lowest BCUT2D eigenvalue weighted by Crippen LogP contribution is -2.07. The number of aromatic nitrogens is 3. The largest absolute Gasteiger partial charge is 0.481 e. The van der Waals surface area contributed by atoms with Gasteiger partial charge in [-0.15, -0.1) is 10.2 Å². The van der Waals surface area contributed by atoms with Crippen molar-refractivity contribution in [2.75, 3.05) is 5.75 Å². The van der Waals surface area contributed by atoms with Gasteiger partial charge in [-0.2, -0.15) is 11.3 Å². The molecule has 0 aliphatic carbocycles. The van der Waals surface area contributed by atoms with Crippen molar-refractivity contribution in [2.24, 2.45) is 0 Å². The molecule has 0 saturated heterocycles. The molecule has 17 heavy (non-hydrogen) atoms. The molecule has 0 aliphatic rings. The van der Waals surface area contributed by atoms with Gasteiger partial charge in [0.2, 0.25) is 0 Å². The normalized spacial score (nSPS) is 12.5. The maximum atomic E-state index is 10.5. The van der Waals surface area contributed by atoms with E-state index in [1.165, 1.54) is 17.3 Å². The molecule has 1 N–H and O–H groups in total. The van der Waals surface area contributed by atoms with Crippen molar-refractivity contribution in [2.45, 2.75) is 18.1 Å². The van der Waals surface area contributed by atoms with E-state index in [9.17, 15) is 4.79 Å². The van der Waals surface area contributed by atoms with E-state index >= 15 is 0 Å². The number of hydrogen-bond acceptors (Lipinski definition) is 5. The van der Waals surface area contributed by atoms with Crippen LogP contribution in [0.5, 0.6) is 0 Å². The van der Waals surface area contributed by atoms with Crippen molar-refractivity contribution >= 4 is 29.1 Å². The predicted octanol–water partition coefficient (Wildman–Crippen LogP) is 2.13. The van der Waals surface area contributed by atoms with Gasteiger partial charge in [0.05, 0.1) is 11.8 Å². The van der Waals surface area contributed by atoms with Crippen LogP contribution < -0.4 is 0 Å². The zero-order valence-electron chi connectivity index (χ0n) is 9.11. The number of aliphatic carboxylic acids is 1. The van der Waals surface area contributed by atoms with Crippen molar-refractivity contribution < 1.29 is 9.90 Å². The van der Waals surface area contributed by atoms with Crippen LogP contribution in [0.4, 0.5) is 0 Å². The quantitative estimate of drug-likeness (QED) is 0.842. The summed E-state index contributed by atoms with van der Waals surface area (Å²) in [4.78, 5) is 10.5. The van der Waals surface area contributed by atoms with Gasteiger partial charge < -0.3 is 9.67 Å². The molecule has 0 fully saturated rings. The average Bonchev–Trinajstić information content (AvgIpc) is 2.96. The van der Waals surface area contributed by atoms with Crippen LogP contribution in [0, 0.1) is 0 Å². The maximum Gasteiger partial charge on any atom is 0.313 e. The molecule has 2 aromatic rings. The molecule has 0 radical (unpaired) electrons. The molecular weight excluding hydrogens is 258 g/mol. The first-order valence-corrected chi connectivity index (χ1v) is 6.87. The molecule has 0 aliphatic heterocycles. The second kappa shape index (κ2) is 5.33. The highest BCUT2D eigenvalue weighted by atomic mass is 32.2. The van der Waals surface area contributed by atoms with E-state index < -0.39 is 5.97 Å². The number of thiophene rings is 1. The summed E-state index contributed by atoms with van der Waals surface area (Å²) in [5.74, 6) is -0.859. The molecule has 2 aromatic heterocycles. The Hall–Kier alpha value is -1.34. The summed E-state index contributed by atoms with van der Waals surface area (Å²) in [6, 6.07) is 2.16. The zero-order chi connectivity index (χ0) is 12.3. The standard InChI is InChI=1S/C10H11N3O2S2/c1-7(8-2-3-16-4-8)13-6-11-12-10(13)17-5-9(14)15/h2-4,6-7H,5H2,1H3,(H,14,15). The molecule has 7 heteroatoms. The number of carboxylic acid groups (broad SMARTS) is 1. The molecule has 0 bridgehead atoms. The smallest absolute Gasteiger partial charge is 0.313 e. The van der Waals surface area contributed by atoms with Crippen molar-refractivity contribution in [1.29, 1.82) is 0 Å². The minimum atomic E-state index is -0.854. The highest BCUT2D eigenvalue weighted by Gasteiger charge is 2.14. The van der Waals surface area contributed by atoms with Gasteiger partial charge in [-0.3, -0.25) is 4.79 Å². The second-order valence-electron chi connectivity index (χ2n) is 3.44. The Balaban J connectivity index is 2.16. The topological polar surface area (TPSA) is 68.0 Å². The summed E-state index contributed by atoms with van der Waals surface area (Å²) in [6.07, 6.45) is 1.63. The second-order valence-corrected chi connectivity index (χ2v) is 5.16. The Kier molecular flexibility index (Phi) is 3.80. The van der Waals surface area contributed by atoms with E-state index in [1.807, 2.05) is 22.9 Å². The van der Waals surface area contributed by atoms with Crippen LogP contribution in [-0.4, -0.2) is 31.6 Å². The van der Waals surface area contributed by atoms with E-state index in [1.54, 1.807) is 17.7 Å². The Labute approximate surface area is 106 Å². The summed E-state index contributed by atoms with van der Waals surface area (Å²) in [6.45, 7) is 2.04. The van der Waals surface area contributed by atoms with E-state index in [-0.39, 0.29) is 11.8 Å². The Morgan fingerprint density at radius 1 is 1.71 bits per heavy atom. The van der Waals surface area contributed by atoms with E-state index in [0.29, 0.717) is 5.16 Å². The summed E-state index contributed by atoms with van der Waals surface area (Å²) in [5.41, 5.74) is 1.17. The number of rotatable bonds is 5. The Morgan fingerprint density at radius 2 is 2.53 bits per heavy atom. The van der Waals surface area contributed by atoms with Gasteiger partial charge in [0.25, 0.3) is 0 Å². The molecule has 0 amide bonds. The fraction of sp³-hybridized carbons (Fsp3) is 0.300. The highest BCUT2D eigenvalue weighted by molar-refractivity contribution is 7.99. The lowest BCUT2D eigenvalue weighted by Gasteiger charge is -2.13. The SMILES string of the molecule is CC(c1ccsc1)n1cnnc1SCC(=O)O.